The number of fused-ring (bicyclic) bond motifs is 1. The molecule has 2 aliphatic rings. The SMILES string of the molecule is O=C(O)C1CCC(F)C2CCC12. The molecule has 3 heteroatoms. The molecule has 0 spiro atoms. The van der Waals surface area contributed by atoms with E-state index in [2.05, 4.69) is 0 Å². The monoisotopic (exact) mass is 172 g/mol. The minimum atomic E-state index is -0.725. The summed E-state index contributed by atoms with van der Waals surface area (Å²) in [7, 11) is 0. The van der Waals surface area contributed by atoms with Crippen molar-refractivity contribution in [2.75, 3.05) is 0 Å². The lowest BCUT2D eigenvalue weighted by Gasteiger charge is -2.46. The molecule has 2 nitrogen and oxygen atoms in total. The van der Waals surface area contributed by atoms with Crippen LogP contribution in [0.25, 0.3) is 0 Å². The molecule has 2 saturated carbocycles. The molecule has 0 aromatic heterocycles. The Balaban J connectivity index is 2.06. The summed E-state index contributed by atoms with van der Waals surface area (Å²) in [6, 6.07) is 0. The van der Waals surface area contributed by atoms with Gasteiger partial charge in [0.15, 0.2) is 0 Å². The maximum Gasteiger partial charge on any atom is 0.306 e. The van der Waals surface area contributed by atoms with Gasteiger partial charge in [0.05, 0.1) is 5.92 Å². The van der Waals surface area contributed by atoms with Crippen molar-refractivity contribution in [3.63, 3.8) is 0 Å². The van der Waals surface area contributed by atoms with Crippen molar-refractivity contribution < 1.29 is 14.3 Å². The lowest BCUT2D eigenvalue weighted by molar-refractivity contribution is -0.151. The summed E-state index contributed by atoms with van der Waals surface area (Å²) in [5, 5.41) is 8.82. The van der Waals surface area contributed by atoms with E-state index in [0.29, 0.717) is 12.8 Å². The number of carboxylic acids is 1. The van der Waals surface area contributed by atoms with Crippen molar-refractivity contribution in [2.24, 2.45) is 17.8 Å². The van der Waals surface area contributed by atoms with Gasteiger partial charge in [0.25, 0.3) is 0 Å². The smallest absolute Gasteiger partial charge is 0.306 e. The molecule has 0 saturated heterocycles. The lowest BCUT2D eigenvalue weighted by atomic mass is 9.60. The van der Waals surface area contributed by atoms with Crippen LogP contribution in [0.3, 0.4) is 0 Å². The first-order valence-corrected chi connectivity index (χ1v) is 4.57. The third-order valence-corrected chi connectivity index (χ3v) is 3.44. The number of hydrogen-bond donors (Lipinski definition) is 1. The second-order valence-electron chi connectivity index (χ2n) is 3.94. The van der Waals surface area contributed by atoms with Crippen molar-refractivity contribution in [2.45, 2.75) is 31.9 Å². The number of alkyl halides is 1. The Hall–Kier alpha value is -0.600. The zero-order valence-corrected chi connectivity index (χ0v) is 6.87. The molecule has 0 heterocycles. The maximum absolute atomic E-state index is 13.1. The van der Waals surface area contributed by atoms with Gasteiger partial charge in [0, 0.05) is 0 Å². The summed E-state index contributed by atoms with van der Waals surface area (Å²) in [5.41, 5.74) is 0. The Morgan fingerprint density at radius 1 is 1.17 bits per heavy atom. The molecule has 2 fully saturated rings. The Bertz CT molecular complexity index is 205. The summed E-state index contributed by atoms with van der Waals surface area (Å²) in [5.74, 6) is -0.765. The van der Waals surface area contributed by atoms with E-state index in [1.54, 1.807) is 0 Å². The minimum absolute atomic E-state index is 0.0693. The van der Waals surface area contributed by atoms with E-state index in [0.717, 1.165) is 12.8 Å². The van der Waals surface area contributed by atoms with E-state index in [1.807, 2.05) is 0 Å². The number of carbonyl (C=O) groups is 1. The minimum Gasteiger partial charge on any atom is -0.481 e. The Labute approximate surface area is 70.8 Å². The Morgan fingerprint density at radius 2 is 1.83 bits per heavy atom. The van der Waals surface area contributed by atoms with Crippen LogP contribution in [-0.4, -0.2) is 17.2 Å². The fraction of sp³-hybridized carbons (Fsp3) is 0.889. The standard InChI is InChI=1S/C9H13FO2/c10-8-4-3-7(9(11)12)5-1-2-6(5)8/h5-8H,1-4H2,(H,11,12). The number of hydrogen-bond acceptors (Lipinski definition) is 1. The van der Waals surface area contributed by atoms with Crippen LogP contribution >= 0.6 is 0 Å². The summed E-state index contributed by atoms with van der Waals surface area (Å²) in [6.07, 6.45) is 2.09. The van der Waals surface area contributed by atoms with Gasteiger partial charge >= 0.3 is 5.97 Å². The van der Waals surface area contributed by atoms with Crippen molar-refractivity contribution in [3.8, 4) is 0 Å². The summed E-state index contributed by atoms with van der Waals surface area (Å²) in [4.78, 5) is 10.7. The van der Waals surface area contributed by atoms with Crippen molar-refractivity contribution in [1.82, 2.24) is 0 Å². The van der Waals surface area contributed by atoms with E-state index in [1.165, 1.54) is 0 Å². The quantitative estimate of drug-likeness (QED) is 0.655. The van der Waals surface area contributed by atoms with Crippen LogP contribution in [0.4, 0.5) is 4.39 Å². The summed E-state index contributed by atoms with van der Waals surface area (Å²) < 4.78 is 13.1. The molecule has 0 bridgehead atoms. The molecule has 2 rings (SSSR count). The molecule has 0 amide bonds. The number of carboxylic acid groups (broad SMARTS) is 1. The Morgan fingerprint density at radius 3 is 2.33 bits per heavy atom. The first kappa shape index (κ1) is 8.02. The van der Waals surface area contributed by atoms with E-state index >= 15 is 0 Å². The summed E-state index contributed by atoms with van der Waals surface area (Å²) >= 11 is 0. The molecular weight excluding hydrogens is 159 g/mol. The highest BCUT2D eigenvalue weighted by Crippen LogP contribution is 2.49. The fourth-order valence-corrected chi connectivity index (χ4v) is 2.57. The molecule has 0 aromatic rings. The van der Waals surface area contributed by atoms with Crippen molar-refractivity contribution in [3.05, 3.63) is 0 Å². The highest BCUT2D eigenvalue weighted by molar-refractivity contribution is 5.70. The molecule has 0 radical (unpaired) electrons. The van der Waals surface area contributed by atoms with E-state index < -0.39 is 12.1 Å². The van der Waals surface area contributed by atoms with Crippen LogP contribution < -0.4 is 0 Å². The van der Waals surface area contributed by atoms with Gasteiger partial charge in [0.2, 0.25) is 0 Å². The molecule has 4 atom stereocenters. The van der Waals surface area contributed by atoms with Gasteiger partial charge in [-0.25, -0.2) is 4.39 Å². The van der Waals surface area contributed by atoms with Crippen molar-refractivity contribution in [1.29, 1.82) is 0 Å². The van der Waals surface area contributed by atoms with Crippen LogP contribution in [0, 0.1) is 17.8 Å². The van der Waals surface area contributed by atoms with Crippen LogP contribution in [0.15, 0.2) is 0 Å². The molecule has 1 N–H and O–H groups in total. The first-order valence-electron chi connectivity index (χ1n) is 4.57. The molecule has 4 unspecified atom stereocenters. The van der Waals surface area contributed by atoms with Gasteiger partial charge < -0.3 is 5.11 Å². The average molecular weight is 172 g/mol. The molecular formula is C9H13FO2. The van der Waals surface area contributed by atoms with Gasteiger partial charge in [-0.05, 0) is 37.5 Å². The first-order chi connectivity index (χ1) is 5.70. The molecule has 68 valence electrons. The molecule has 0 aliphatic heterocycles. The maximum atomic E-state index is 13.1. The van der Waals surface area contributed by atoms with Gasteiger partial charge in [0.1, 0.15) is 6.17 Å². The second-order valence-corrected chi connectivity index (χ2v) is 3.94. The van der Waals surface area contributed by atoms with Crippen molar-refractivity contribution >= 4 is 5.97 Å². The fourth-order valence-electron chi connectivity index (χ4n) is 2.57. The van der Waals surface area contributed by atoms with Gasteiger partial charge in [-0.1, -0.05) is 0 Å². The van der Waals surface area contributed by atoms with Crippen LogP contribution in [0.2, 0.25) is 0 Å². The van der Waals surface area contributed by atoms with E-state index in [-0.39, 0.29) is 17.8 Å². The zero-order chi connectivity index (χ0) is 8.72. The van der Waals surface area contributed by atoms with Gasteiger partial charge in [-0.3, -0.25) is 4.79 Å². The van der Waals surface area contributed by atoms with E-state index in [9.17, 15) is 9.18 Å². The summed E-state index contributed by atoms with van der Waals surface area (Å²) in [6.45, 7) is 0. The number of rotatable bonds is 1. The highest BCUT2D eigenvalue weighted by atomic mass is 19.1. The van der Waals surface area contributed by atoms with E-state index in [4.69, 9.17) is 5.11 Å². The van der Waals surface area contributed by atoms with Crippen LogP contribution in [-0.2, 0) is 4.79 Å². The predicted octanol–water partition coefficient (Wildman–Crippen LogP) is 1.85. The highest BCUT2D eigenvalue weighted by Gasteiger charge is 2.47. The molecule has 2 aliphatic carbocycles. The normalized spacial score (nSPS) is 46.1. The largest absolute Gasteiger partial charge is 0.481 e. The van der Waals surface area contributed by atoms with Gasteiger partial charge in [-0.15, -0.1) is 0 Å². The Kier molecular flexibility index (Phi) is 1.81. The third kappa shape index (κ3) is 1.03. The second kappa shape index (κ2) is 2.71. The topological polar surface area (TPSA) is 37.3 Å². The predicted molar refractivity (Wildman–Crippen MR) is 41.5 cm³/mol. The van der Waals surface area contributed by atoms with Gasteiger partial charge in [-0.2, -0.15) is 0 Å². The third-order valence-electron chi connectivity index (χ3n) is 3.44. The van der Waals surface area contributed by atoms with Crippen LogP contribution in [0.5, 0.6) is 0 Å². The zero-order valence-electron chi connectivity index (χ0n) is 6.87. The lowest BCUT2D eigenvalue weighted by Crippen LogP contribution is -2.45. The molecule has 0 aromatic carbocycles. The number of halogens is 1. The molecule has 12 heavy (non-hydrogen) atoms. The average Bonchev–Trinajstić information content (AvgIpc) is 1.92. The number of aliphatic carboxylic acids is 1. The van der Waals surface area contributed by atoms with Crippen LogP contribution in [0.1, 0.15) is 25.7 Å².